The highest BCUT2D eigenvalue weighted by Crippen LogP contribution is 2.27. The SMILES string of the molecule is Cc1ncc(Cl)cc1C(=O)N[C@H]1CC[C@H](Cn2c(=O)n(C)c3ccccc32)CC1. The van der Waals surface area contributed by atoms with E-state index in [1.807, 2.05) is 42.8 Å². The van der Waals surface area contributed by atoms with Crippen LogP contribution >= 0.6 is 11.6 Å². The van der Waals surface area contributed by atoms with Crippen molar-refractivity contribution in [3.8, 4) is 0 Å². The largest absolute Gasteiger partial charge is 0.349 e. The van der Waals surface area contributed by atoms with Crippen LogP contribution in [0.3, 0.4) is 0 Å². The topological polar surface area (TPSA) is 68.9 Å². The molecule has 1 N–H and O–H groups in total. The highest BCUT2D eigenvalue weighted by molar-refractivity contribution is 6.30. The number of para-hydroxylation sites is 2. The molecule has 1 aromatic carbocycles. The molecule has 152 valence electrons. The van der Waals surface area contributed by atoms with Gasteiger partial charge in [0.05, 0.1) is 27.3 Å². The molecule has 3 aromatic rings. The molecule has 29 heavy (non-hydrogen) atoms. The average Bonchev–Trinajstić information content (AvgIpc) is 2.96. The fourth-order valence-electron chi connectivity index (χ4n) is 4.29. The summed E-state index contributed by atoms with van der Waals surface area (Å²) in [4.78, 5) is 29.4. The van der Waals surface area contributed by atoms with Crippen LogP contribution in [0.25, 0.3) is 11.0 Å². The van der Waals surface area contributed by atoms with E-state index < -0.39 is 0 Å². The Morgan fingerprint density at radius 3 is 2.62 bits per heavy atom. The lowest BCUT2D eigenvalue weighted by Gasteiger charge is -2.29. The third-order valence-electron chi connectivity index (χ3n) is 5.97. The first-order valence-electron chi connectivity index (χ1n) is 10.0. The monoisotopic (exact) mass is 412 g/mol. The Balaban J connectivity index is 1.39. The van der Waals surface area contributed by atoms with E-state index in [0.717, 1.165) is 43.3 Å². The molecule has 4 rings (SSSR count). The Morgan fingerprint density at radius 1 is 1.21 bits per heavy atom. The van der Waals surface area contributed by atoms with E-state index in [1.165, 1.54) is 0 Å². The molecule has 1 aliphatic rings. The lowest BCUT2D eigenvalue weighted by atomic mass is 9.85. The van der Waals surface area contributed by atoms with E-state index in [1.54, 1.807) is 16.8 Å². The zero-order valence-corrected chi connectivity index (χ0v) is 17.4. The summed E-state index contributed by atoms with van der Waals surface area (Å²) in [5.74, 6) is 0.312. The number of aryl methyl sites for hydroxylation is 2. The molecule has 0 bridgehead atoms. The molecule has 0 spiro atoms. The fourth-order valence-corrected chi connectivity index (χ4v) is 4.45. The number of fused-ring (bicyclic) bond motifs is 1. The van der Waals surface area contributed by atoms with Crippen LogP contribution in [-0.4, -0.2) is 26.1 Å². The number of hydrogen-bond donors (Lipinski definition) is 1. The second kappa shape index (κ2) is 8.03. The Kier molecular flexibility index (Phi) is 5.46. The smallest absolute Gasteiger partial charge is 0.328 e. The zero-order chi connectivity index (χ0) is 20.5. The van der Waals surface area contributed by atoms with Gasteiger partial charge in [-0.3, -0.25) is 18.9 Å². The number of pyridine rings is 1. The van der Waals surface area contributed by atoms with E-state index in [0.29, 0.717) is 22.2 Å². The molecule has 0 atom stereocenters. The molecule has 1 amide bonds. The predicted octanol–water partition coefficient (Wildman–Crippen LogP) is 3.69. The third kappa shape index (κ3) is 3.94. The Hall–Kier alpha value is -2.60. The maximum Gasteiger partial charge on any atom is 0.328 e. The average molecular weight is 413 g/mol. The maximum absolute atomic E-state index is 12.6. The predicted molar refractivity (Wildman–Crippen MR) is 114 cm³/mol. The molecule has 1 fully saturated rings. The van der Waals surface area contributed by atoms with Crippen molar-refractivity contribution >= 4 is 28.5 Å². The van der Waals surface area contributed by atoms with Crippen molar-refractivity contribution in [2.24, 2.45) is 13.0 Å². The third-order valence-corrected chi connectivity index (χ3v) is 6.18. The van der Waals surface area contributed by atoms with Crippen LogP contribution in [0.1, 0.15) is 41.7 Å². The lowest BCUT2D eigenvalue weighted by Crippen LogP contribution is -2.39. The number of carbonyl (C=O) groups excluding carboxylic acids is 1. The van der Waals surface area contributed by atoms with Gasteiger partial charge in [-0.1, -0.05) is 23.7 Å². The number of halogens is 1. The van der Waals surface area contributed by atoms with Gasteiger partial charge in [0.15, 0.2) is 0 Å². The minimum absolute atomic E-state index is 0.0329. The number of amides is 1. The van der Waals surface area contributed by atoms with Gasteiger partial charge in [-0.05, 0) is 56.7 Å². The molecule has 0 aliphatic heterocycles. The number of rotatable bonds is 4. The fraction of sp³-hybridized carbons (Fsp3) is 0.409. The van der Waals surface area contributed by atoms with E-state index >= 15 is 0 Å². The molecule has 0 saturated heterocycles. The summed E-state index contributed by atoms with van der Waals surface area (Å²) >= 11 is 5.98. The van der Waals surface area contributed by atoms with E-state index in [9.17, 15) is 9.59 Å². The van der Waals surface area contributed by atoms with Crippen LogP contribution in [0, 0.1) is 12.8 Å². The first kappa shape index (κ1) is 19.7. The summed E-state index contributed by atoms with van der Waals surface area (Å²) < 4.78 is 3.60. The Bertz CT molecular complexity index is 1110. The molecular formula is C22H25ClN4O2. The molecule has 0 unspecified atom stereocenters. The van der Waals surface area contributed by atoms with Crippen molar-refractivity contribution in [1.29, 1.82) is 0 Å². The number of carbonyl (C=O) groups is 1. The van der Waals surface area contributed by atoms with Crippen molar-refractivity contribution in [2.75, 3.05) is 0 Å². The van der Waals surface area contributed by atoms with Gasteiger partial charge in [-0.2, -0.15) is 0 Å². The van der Waals surface area contributed by atoms with Gasteiger partial charge in [-0.15, -0.1) is 0 Å². The molecule has 2 heterocycles. The summed E-state index contributed by atoms with van der Waals surface area (Å²) in [5.41, 5.74) is 3.19. The summed E-state index contributed by atoms with van der Waals surface area (Å²) in [6.45, 7) is 2.53. The van der Waals surface area contributed by atoms with Gasteiger partial charge < -0.3 is 5.32 Å². The van der Waals surface area contributed by atoms with Crippen molar-refractivity contribution in [3.63, 3.8) is 0 Å². The van der Waals surface area contributed by atoms with Gasteiger partial charge in [0.2, 0.25) is 0 Å². The number of hydrogen-bond acceptors (Lipinski definition) is 3. The maximum atomic E-state index is 12.6. The van der Waals surface area contributed by atoms with Gasteiger partial charge >= 0.3 is 5.69 Å². The quantitative estimate of drug-likeness (QED) is 0.710. The van der Waals surface area contributed by atoms with Crippen LogP contribution in [0.15, 0.2) is 41.3 Å². The Labute approximate surface area is 174 Å². The molecule has 1 aliphatic carbocycles. The first-order chi connectivity index (χ1) is 13.9. The minimum Gasteiger partial charge on any atom is -0.349 e. The molecule has 6 nitrogen and oxygen atoms in total. The number of benzene rings is 1. The number of imidazole rings is 1. The molecule has 2 aromatic heterocycles. The van der Waals surface area contributed by atoms with Crippen molar-refractivity contribution < 1.29 is 4.79 Å². The van der Waals surface area contributed by atoms with Crippen LogP contribution < -0.4 is 11.0 Å². The summed E-state index contributed by atoms with van der Waals surface area (Å²) in [6.07, 6.45) is 5.32. The Morgan fingerprint density at radius 2 is 1.90 bits per heavy atom. The van der Waals surface area contributed by atoms with E-state index in [4.69, 9.17) is 11.6 Å². The molecule has 1 saturated carbocycles. The standard InChI is InChI=1S/C22H25ClN4O2/c1-14-18(11-16(23)12-24-14)21(28)25-17-9-7-15(8-10-17)13-27-20-6-4-3-5-19(20)26(2)22(27)29/h3-6,11-12,15,17H,7-10,13H2,1-2H3,(H,25,28)/t15-,17-. The molecule has 0 radical (unpaired) electrons. The van der Waals surface area contributed by atoms with Crippen molar-refractivity contribution in [3.05, 3.63) is 63.3 Å². The van der Waals surface area contributed by atoms with Gasteiger partial charge in [-0.25, -0.2) is 4.79 Å². The number of nitrogens with one attached hydrogen (secondary N) is 1. The summed E-state index contributed by atoms with van der Waals surface area (Å²) in [6, 6.07) is 9.71. The van der Waals surface area contributed by atoms with Gasteiger partial charge in [0.25, 0.3) is 5.91 Å². The highest BCUT2D eigenvalue weighted by atomic mass is 35.5. The summed E-state index contributed by atoms with van der Waals surface area (Å²) in [7, 11) is 1.82. The van der Waals surface area contributed by atoms with Crippen molar-refractivity contribution in [2.45, 2.75) is 45.2 Å². The van der Waals surface area contributed by atoms with Crippen LogP contribution in [0.4, 0.5) is 0 Å². The number of aromatic nitrogens is 3. The molecular weight excluding hydrogens is 388 g/mol. The van der Waals surface area contributed by atoms with Crippen LogP contribution in [-0.2, 0) is 13.6 Å². The summed E-state index contributed by atoms with van der Waals surface area (Å²) in [5, 5.41) is 3.59. The van der Waals surface area contributed by atoms with Crippen LogP contribution in [0.5, 0.6) is 0 Å². The van der Waals surface area contributed by atoms with Crippen molar-refractivity contribution in [1.82, 2.24) is 19.4 Å². The lowest BCUT2D eigenvalue weighted by molar-refractivity contribution is 0.0919. The van der Waals surface area contributed by atoms with Gasteiger partial charge in [0.1, 0.15) is 0 Å². The second-order valence-electron chi connectivity index (χ2n) is 7.92. The van der Waals surface area contributed by atoms with Crippen LogP contribution in [0.2, 0.25) is 5.02 Å². The highest BCUT2D eigenvalue weighted by Gasteiger charge is 2.25. The van der Waals surface area contributed by atoms with E-state index in [2.05, 4.69) is 10.3 Å². The first-order valence-corrected chi connectivity index (χ1v) is 10.4. The normalized spacial score (nSPS) is 19.4. The number of nitrogens with zero attached hydrogens (tertiary/aromatic N) is 3. The minimum atomic E-state index is -0.119. The second-order valence-corrected chi connectivity index (χ2v) is 8.35. The van der Waals surface area contributed by atoms with E-state index in [-0.39, 0.29) is 17.6 Å². The van der Waals surface area contributed by atoms with Gasteiger partial charge in [0, 0.05) is 25.8 Å². The molecule has 7 heteroatoms. The zero-order valence-electron chi connectivity index (χ0n) is 16.7.